The zero-order valence-electron chi connectivity index (χ0n) is 20.3. The third kappa shape index (κ3) is 7.11. The Balaban J connectivity index is 1.70. The van der Waals surface area contributed by atoms with Gasteiger partial charge in [-0.25, -0.2) is 19.2 Å². The van der Waals surface area contributed by atoms with Gasteiger partial charge in [0, 0.05) is 38.9 Å². The van der Waals surface area contributed by atoms with Gasteiger partial charge in [0.15, 0.2) is 0 Å². The molecular formula is C24H30FN5O5. The molecule has 0 bridgehead atoms. The molecule has 1 N–H and O–H groups in total. The van der Waals surface area contributed by atoms with E-state index in [2.05, 4.69) is 9.97 Å². The Kier molecular flexibility index (Phi) is 7.88. The number of aromatic nitrogens is 2. The number of piperazine rings is 1. The summed E-state index contributed by atoms with van der Waals surface area (Å²) in [4.78, 5) is 50.2. The van der Waals surface area contributed by atoms with Gasteiger partial charge in [-0.15, -0.1) is 0 Å². The Morgan fingerprint density at radius 2 is 1.86 bits per heavy atom. The van der Waals surface area contributed by atoms with Crippen molar-refractivity contribution in [3.05, 3.63) is 53.1 Å². The van der Waals surface area contributed by atoms with Crippen molar-refractivity contribution in [2.24, 2.45) is 0 Å². The highest BCUT2D eigenvalue weighted by Crippen LogP contribution is 2.18. The van der Waals surface area contributed by atoms with Crippen LogP contribution in [-0.2, 0) is 16.1 Å². The fraction of sp³-hybridized carbons (Fsp3) is 0.458. The van der Waals surface area contributed by atoms with Crippen LogP contribution in [0.15, 0.2) is 30.5 Å². The fourth-order valence-corrected chi connectivity index (χ4v) is 3.62. The Hall–Kier alpha value is -3.76. The molecule has 35 heavy (non-hydrogen) atoms. The van der Waals surface area contributed by atoms with Crippen LogP contribution in [0.3, 0.4) is 0 Å². The van der Waals surface area contributed by atoms with E-state index in [0.717, 1.165) is 4.90 Å². The van der Waals surface area contributed by atoms with E-state index in [0.29, 0.717) is 43.4 Å². The van der Waals surface area contributed by atoms with Crippen LogP contribution in [0.1, 0.15) is 42.4 Å². The first-order chi connectivity index (χ1) is 16.4. The number of carboxylic acids is 1. The second-order valence-electron chi connectivity index (χ2n) is 9.31. The second kappa shape index (κ2) is 10.7. The van der Waals surface area contributed by atoms with Gasteiger partial charge in [0.25, 0.3) is 5.91 Å². The minimum Gasteiger partial charge on any atom is -0.480 e. The maximum Gasteiger partial charge on any atom is 0.410 e. The van der Waals surface area contributed by atoms with E-state index in [-0.39, 0.29) is 18.2 Å². The molecule has 0 radical (unpaired) electrons. The quantitative estimate of drug-likeness (QED) is 0.661. The lowest BCUT2D eigenvalue weighted by Gasteiger charge is -2.35. The van der Waals surface area contributed by atoms with E-state index in [9.17, 15) is 23.9 Å². The van der Waals surface area contributed by atoms with Gasteiger partial charge in [0.2, 0.25) is 5.95 Å². The lowest BCUT2D eigenvalue weighted by molar-refractivity contribution is -0.137. The summed E-state index contributed by atoms with van der Waals surface area (Å²) in [6, 6.07) is 5.65. The second-order valence-corrected chi connectivity index (χ2v) is 9.31. The van der Waals surface area contributed by atoms with Gasteiger partial charge < -0.3 is 24.5 Å². The van der Waals surface area contributed by atoms with Crippen molar-refractivity contribution < 1.29 is 28.6 Å². The highest BCUT2D eigenvalue weighted by molar-refractivity contribution is 5.96. The highest BCUT2D eigenvalue weighted by atomic mass is 19.1. The molecule has 3 rings (SSSR count). The van der Waals surface area contributed by atoms with E-state index in [4.69, 9.17) is 4.74 Å². The van der Waals surface area contributed by atoms with Crippen molar-refractivity contribution in [2.45, 2.75) is 39.8 Å². The Morgan fingerprint density at radius 1 is 1.17 bits per heavy atom. The molecule has 1 aliphatic rings. The molecule has 1 aliphatic heterocycles. The minimum atomic E-state index is -1.19. The molecule has 2 amide bonds. The van der Waals surface area contributed by atoms with Crippen molar-refractivity contribution in [1.82, 2.24) is 19.8 Å². The normalized spacial score (nSPS) is 14.0. The van der Waals surface area contributed by atoms with Crippen LogP contribution in [0.2, 0.25) is 0 Å². The largest absolute Gasteiger partial charge is 0.480 e. The predicted octanol–water partition coefficient (Wildman–Crippen LogP) is 2.71. The third-order valence-corrected chi connectivity index (χ3v) is 5.29. The van der Waals surface area contributed by atoms with Crippen LogP contribution < -0.4 is 4.90 Å². The Bertz CT molecular complexity index is 1100. The summed E-state index contributed by atoms with van der Waals surface area (Å²) in [6.07, 6.45) is 1.01. The zero-order valence-corrected chi connectivity index (χ0v) is 20.3. The lowest BCUT2D eigenvalue weighted by Crippen LogP contribution is -2.50. The molecule has 0 atom stereocenters. The number of hydrogen-bond acceptors (Lipinski definition) is 7. The number of benzene rings is 1. The van der Waals surface area contributed by atoms with Crippen molar-refractivity contribution in [3.63, 3.8) is 0 Å². The number of nitrogens with zero attached hydrogens (tertiary/aromatic N) is 5. The number of amides is 2. The van der Waals surface area contributed by atoms with Gasteiger partial charge in [0.1, 0.15) is 18.0 Å². The standard InChI is InChI=1S/C24H30FN5O5/c1-16-19(21(33)30(15-20(31)32)14-17-6-5-7-18(25)12-17)13-26-22(27-16)28-8-10-29(11-9-28)23(34)35-24(2,3)4/h5-7,12-13H,8-11,14-15H2,1-4H3,(H,31,32). The molecule has 1 aromatic carbocycles. The van der Waals surface area contributed by atoms with Gasteiger partial charge in [-0.1, -0.05) is 12.1 Å². The van der Waals surface area contributed by atoms with Crippen molar-refractivity contribution in [3.8, 4) is 0 Å². The average Bonchev–Trinajstić information content (AvgIpc) is 2.77. The number of carboxylic acid groups (broad SMARTS) is 1. The van der Waals surface area contributed by atoms with E-state index in [1.807, 2.05) is 25.7 Å². The molecular weight excluding hydrogens is 457 g/mol. The van der Waals surface area contributed by atoms with Gasteiger partial charge in [-0.2, -0.15) is 0 Å². The smallest absolute Gasteiger partial charge is 0.410 e. The van der Waals surface area contributed by atoms with Gasteiger partial charge in [-0.05, 0) is 45.4 Å². The fourth-order valence-electron chi connectivity index (χ4n) is 3.62. The summed E-state index contributed by atoms with van der Waals surface area (Å²) in [5, 5.41) is 9.28. The predicted molar refractivity (Wildman–Crippen MR) is 126 cm³/mol. The first-order valence-corrected chi connectivity index (χ1v) is 11.2. The molecule has 10 nitrogen and oxygen atoms in total. The molecule has 11 heteroatoms. The molecule has 2 heterocycles. The molecule has 188 valence electrons. The number of hydrogen-bond donors (Lipinski definition) is 1. The van der Waals surface area contributed by atoms with Crippen LogP contribution in [0, 0.1) is 12.7 Å². The SMILES string of the molecule is Cc1nc(N2CCN(C(=O)OC(C)(C)C)CC2)ncc1C(=O)N(CC(=O)O)Cc1cccc(F)c1. The first kappa shape index (κ1) is 25.9. The topological polar surface area (TPSA) is 116 Å². The highest BCUT2D eigenvalue weighted by Gasteiger charge is 2.28. The number of aliphatic carboxylic acids is 1. The van der Waals surface area contributed by atoms with Crippen molar-refractivity contribution in [2.75, 3.05) is 37.6 Å². The molecule has 0 unspecified atom stereocenters. The summed E-state index contributed by atoms with van der Waals surface area (Å²) >= 11 is 0. The number of ether oxygens (including phenoxy) is 1. The number of carbonyl (C=O) groups is 3. The van der Waals surface area contributed by atoms with Crippen LogP contribution >= 0.6 is 0 Å². The monoisotopic (exact) mass is 487 g/mol. The maximum atomic E-state index is 13.6. The van der Waals surface area contributed by atoms with Crippen LogP contribution in [0.4, 0.5) is 15.1 Å². The molecule has 1 aromatic heterocycles. The summed E-state index contributed by atoms with van der Waals surface area (Å²) in [7, 11) is 0. The number of rotatable bonds is 6. The third-order valence-electron chi connectivity index (χ3n) is 5.29. The maximum absolute atomic E-state index is 13.6. The van der Waals surface area contributed by atoms with Gasteiger partial charge >= 0.3 is 12.1 Å². The summed E-state index contributed by atoms with van der Waals surface area (Å²) in [5.74, 6) is -1.80. The Labute approximate surface area is 203 Å². The Morgan fingerprint density at radius 3 is 2.43 bits per heavy atom. The molecule has 0 saturated carbocycles. The molecule has 2 aromatic rings. The molecule has 1 saturated heterocycles. The number of carbonyl (C=O) groups excluding carboxylic acids is 2. The van der Waals surface area contributed by atoms with E-state index >= 15 is 0 Å². The van der Waals surface area contributed by atoms with E-state index < -0.39 is 29.8 Å². The van der Waals surface area contributed by atoms with Crippen LogP contribution in [0.25, 0.3) is 0 Å². The van der Waals surface area contributed by atoms with Crippen molar-refractivity contribution in [1.29, 1.82) is 0 Å². The lowest BCUT2D eigenvalue weighted by atomic mass is 10.1. The molecule has 0 aliphatic carbocycles. The summed E-state index contributed by atoms with van der Waals surface area (Å²) in [6.45, 7) is 8.35. The van der Waals surface area contributed by atoms with Crippen LogP contribution in [-0.4, -0.2) is 81.2 Å². The van der Waals surface area contributed by atoms with Gasteiger partial charge in [-0.3, -0.25) is 9.59 Å². The summed E-state index contributed by atoms with van der Waals surface area (Å²) < 4.78 is 19.0. The molecule has 0 spiro atoms. The van der Waals surface area contributed by atoms with E-state index in [1.165, 1.54) is 24.4 Å². The summed E-state index contributed by atoms with van der Waals surface area (Å²) in [5.41, 5.74) is 0.459. The number of anilines is 1. The zero-order chi connectivity index (χ0) is 25.8. The number of halogens is 1. The first-order valence-electron chi connectivity index (χ1n) is 11.2. The number of aryl methyl sites for hydroxylation is 1. The van der Waals surface area contributed by atoms with Gasteiger partial charge in [0.05, 0.1) is 11.3 Å². The van der Waals surface area contributed by atoms with Crippen molar-refractivity contribution >= 4 is 23.9 Å². The molecule has 1 fully saturated rings. The van der Waals surface area contributed by atoms with E-state index in [1.54, 1.807) is 17.9 Å². The average molecular weight is 488 g/mol. The van der Waals surface area contributed by atoms with Crippen LogP contribution in [0.5, 0.6) is 0 Å². The minimum absolute atomic E-state index is 0.0727.